The van der Waals surface area contributed by atoms with Crippen molar-refractivity contribution in [1.29, 1.82) is 0 Å². The van der Waals surface area contributed by atoms with Gasteiger partial charge in [0.15, 0.2) is 0 Å². The van der Waals surface area contributed by atoms with Crippen molar-refractivity contribution >= 4 is 5.91 Å². The van der Waals surface area contributed by atoms with E-state index in [1.54, 1.807) is 0 Å². The normalized spacial score (nSPS) is 13.9. The van der Waals surface area contributed by atoms with Gasteiger partial charge in [-0.2, -0.15) is 0 Å². The lowest BCUT2D eigenvalue weighted by atomic mass is 10.0. The summed E-state index contributed by atoms with van der Waals surface area (Å²) in [6, 6.07) is 9.70. The molecule has 1 aromatic carbocycles. The maximum Gasteiger partial charge on any atom is 0.220 e. The first-order valence-electron chi connectivity index (χ1n) is 6.59. The van der Waals surface area contributed by atoms with Crippen LogP contribution in [0.1, 0.15) is 32.3 Å². The van der Waals surface area contributed by atoms with Gasteiger partial charge >= 0.3 is 0 Å². The van der Waals surface area contributed by atoms with Crippen molar-refractivity contribution < 1.29 is 9.90 Å². The highest BCUT2D eigenvalue weighted by Gasteiger charge is 2.13. The smallest absolute Gasteiger partial charge is 0.220 e. The van der Waals surface area contributed by atoms with Crippen LogP contribution in [-0.2, 0) is 11.2 Å². The summed E-state index contributed by atoms with van der Waals surface area (Å²) >= 11 is 0. The number of carbonyl (C=O) groups excluding carboxylic acids is 1. The Morgan fingerprint density at radius 3 is 2.56 bits per heavy atom. The van der Waals surface area contributed by atoms with Crippen LogP contribution in [0.4, 0.5) is 0 Å². The Hall–Kier alpha value is -1.35. The lowest BCUT2D eigenvalue weighted by Gasteiger charge is -2.17. The predicted octanol–water partition coefficient (Wildman–Crippen LogP) is 2.14. The highest BCUT2D eigenvalue weighted by molar-refractivity contribution is 5.76. The van der Waals surface area contributed by atoms with Gasteiger partial charge in [0.1, 0.15) is 0 Å². The topological polar surface area (TPSA) is 49.3 Å². The van der Waals surface area contributed by atoms with E-state index >= 15 is 0 Å². The number of hydrogen-bond acceptors (Lipinski definition) is 2. The number of rotatable bonds is 7. The fraction of sp³-hybridized carbons (Fsp3) is 0.533. The second kappa shape index (κ2) is 7.88. The van der Waals surface area contributed by atoms with E-state index < -0.39 is 0 Å². The molecule has 1 amide bonds. The van der Waals surface area contributed by atoms with Gasteiger partial charge < -0.3 is 10.4 Å². The maximum absolute atomic E-state index is 11.7. The molecule has 1 rings (SSSR count). The lowest BCUT2D eigenvalue weighted by molar-refractivity contribution is -0.122. The van der Waals surface area contributed by atoms with E-state index in [1.807, 2.05) is 30.3 Å². The van der Waals surface area contributed by atoms with Crippen molar-refractivity contribution in [3.63, 3.8) is 0 Å². The van der Waals surface area contributed by atoms with Crippen LogP contribution in [0.5, 0.6) is 0 Å². The van der Waals surface area contributed by atoms with Crippen molar-refractivity contribution in [3.05, 3.63) is 35.9 Å². The third-order valence-electron chi connectivity index (χ3n) is 3.14. The summed E-state index contributed by atoms with van der Waals surface area (Å²) in [4.78, 5) is 11.7. The fourth-order valence-corrected chi connectivity index (χ4v) is 1.81. The molecule has 0 aliphatic carbocycles. The van der Waals surface area contributed by atoms with E-state index in [0.717, 1.165) is 12.0 Å². The van der Waals surface area contributed by atoms with E-state index in [2.05, 4.69) is 19.2 Å². The molecule has 0 saturated heterocycles. The molecule has 0 aliphatic rings. The van der Waals surface area contributed by atoms with Gasteiger partial charge in [0, 0.05) is 6.42 Å². The number of amides is 1. The van der Waals surface area contributed by atoms with E-state index in [1.165, 1.54) is 0 Å². The van der Waals surface area contributed by atoms with Gasteiger partial charge in [0.05, 0.1) is 12.6 Å². The zero-order chi connectivity index (χ0) is 13.4. The Balaban J connectivity index is 2.45. The Kier molecular flexibility index (Phi) is 6.44. The molecule has 0 fully saturated rings. The monoisotopic (exact) mass is 249 g/mol. The van der Waals surface area contributed by atoms with Crippen molar-refractivity contribution in [2.24, 2.45) is 5.92 Å². The van der Waals surface area contributed by atoms with Crippen LogP contribution in [0.2, 0.25) is 0 Å². The van der Waals surface area contributed by atoms with Crippen LogP contribution in [-0.4, -0.2) is 23.7 Å². The molecule has 2 N–H and O–H groups in total. The van der Waals surface area contributed by atoms with Gasteiger partial charge in [-0.05, 0) is 17.9 Å². The fourth-order valence-electron chi connectivity index (χ4n) is 1.81. The molecule has 0 bridgehead atoms. The van der Waals surface area contributed by atoms with Gasteiger partial charge in [-0.3, -0.25) is 4.79 Å². The van der Waals surface area contributed by atoms with Crippen LogP contribution in [0.3, 0.4) is 0 Å². The Morgan fingerprint density at radius 1 is 1.33 bits per heavy atom. The summed E-state index contributed by atoms with van der Waals surface area (Å²) in [6.07, 6.45) is 2.20. The maximum atomic E-state index is 11.7. The third kappa shape index (κ3) is 5.32. The van der Waals surface area contributed by atoms with Crippen molar-refractivity contribution in [3.8, 4) is 0 Å². The third-order valence-corrected chi connectivity index (χ3v) is 3.14. The van der Waals surface area contributed by atoms with Crippen LogP contribution in [0.25, 0.3) is 0 Å². The molecule has 0 aromatic heterocycles. The van der Waals surface area contributed by atoms with E-state index in [0.29, 0.717) is 18.8 Å². The molecular weight excluding hydrogens is 226 g/mol. The molecule has 2 atom stereocenters. The Morgan fingerprint density at radius 2 is 2.00 bits per heavy atom. The van der Waals surface area contributed by atoms with E-state index in [-0.39, 0.29) is 18.6 Å². The molecule has 0 radical (unpaired) electrons. The molecular formula is C15H23NO2. The summed E-state index contributed by atoms with van der Waals surface area (Å²) in [5, 5.41) is 12.2. The Labute approximate surface area is 109 Å². The van der Waals surface area contributed by atoms with Crippen LogP contribution in [0.15, 0.2) is 30.3 Å². The minimum atomic E-state index is -0.191. The largest absolute Gasteiger partial charge is 0.394 e. The zero-order valence-electron chi connectivity index (χ0n) is 11.2. The molecule has 0 saturated carbocycles. The Bertz CT molecular complexity index is 351. The number of nitrogens with one attached hydrogen (secondary N) is 1. The van der Waals surface area contributed by atoms with Crippen LogP contribution >= 0.6 is 0 Å². The molecule has 0 spiro atoms. The summed E-state index contributed by atoms with van der Waals surface area (Å²) in [5.74, 6) is 0.417. The summed E-state index contributed by atoms with van der Waals surface area (Å²) < 4.78 is 0. The molecule has 3 nitrogen and oxygen atoms in total. The second-order valence-electron chi connectivity index (χ2n) is 4.85. The molecule has 0 aliphatic heterocycles. The number of aliphatic hydroxyl groups is 1. The number of hydrogen-bond donors (Lipinski definition) is 2. The zero-order valence-corrected chi connectivity index (χ0v) is 11.2. The predicted molar refractivity (Wildman–Crippen MR) is 73.2 cm³/mol. The minimum absolute atomic E-state index is 0.0266. The van der Waals surface area contributed by atoms with Gasteiger partial charge in [-0.25, -0.2) is 0 Å². The van der Waals surface area contributed by atoms with Crippen molar-refractivity contribution in [2.75, 3.05) is 6.61 Å². The van der Waals surface area contributed by atoms with Gasteiger partial charge in [0.25, 0.3) is 0 Å². The summed E-state index contributed by atoms with van der Waals surface area (Å²) in [5.41, 5.74) is 1.13. The van der Waals surface area contributed by atoms with Gasteiger partial charge in [-0.15, -0.1) is 0 Å². The standard InChI is InChI=1S/C15H23NO2/c1-3-12(2)9-15(18)16-14(11-17)10-13-7-5-4-6-8-13/h4-8,12,14,17H,3,9-11H2,1-2H3,(H,16,18)/t12?,14-/m0/s1. The van der Waals surface area contributed by atoms with Crippen molar-refractivity contribution in [1.82, 2.24) is 5.32 Å². The molecule has 1 unspecified atom stereocenters. The first-order valence-corrected chi connectivity index (χ1v) is 6.59. The highest BCUT2D eigenvalue weighted by Crippen LogP contribution is 2.07. The minimum Gasteiger partial charge on any atom is -0.394 e. The quantitative estimate of drug-likeness (QED) is 0.778. The SMILES string of the molecule is CCC(C)CC(=O)N[C@H](CO)Cc1ccccc1. The number of aliphatic hydroxyl groups excluding tert-OH is 1. The van der Waals surface area contributed by atoms with Crippen LogP contribution in [0, 0.1) is 5.92 Å². The average molecular weight is 249 g/mol. The second-order valence-corrected chi connectivity index (χ2v) is 4.85. The van der Waals surface area contributed by atoms with Gasteiger partial charge in [0.2, 0.25) is 5.91 Å². The van der Waals surface area contributed by atoms with Crippen molar-refractivity contribution in [2.45, 2.75) is 39.2 Å². The van der Waals surface area contributed by atoms with E-state index in [4.69, 9.17) is 0 Å². The first kappa shape index (κ1) is 14.7. The molecule has 3 heteroatoms. The average Bonchev–Trinajstić information content (AvgIpc) is 2.38. The first-order chi connectivity index (χ1) is 8.65. The number of carbonyl (C=O) groups is 1. The van der Waals surface area contributed by atoms with Gasteiger partial charge in [-0.1, -0.05) is 50.6 Å². The van der Waals surface area contributed by atoms with E-state index in [9.17, 15) is 9.90 Å². The highest BCUT2D eigenvalue weighted by atomic mass is 16.3. The molecule has 100 valence electrons. The summed E-state index contributed by atoms with van der Waals surface area (Å²) in [6.45, 7) is 4.11. The summed E-state index contributed by atoms with van der Waals surface area (Å²) in [7, 11) is 0. The molecule has 0 heterocycles. The number of benzene rings is 1. The van der Waals surface area contributed by atoms with Crippen LogP contribution < -0.4 is 5.32 Å². The molecule has 18 heavy (non-hydrogen) atoms. The lowest BCUT2D eigenvalue weighted by Crippen LogP contribution is -2.39. The molecule has 1 aromatic rings.